The molecule has 0 aliphatic rings. The molecule has 0 saturated heterocycles. The number of hydrogen-bond acceptors (Lipinski definition) is 2. The minimum atomic E-state index is 0.455. The topological polar surface area (TPSA) is 22.1 Å². The highest BCUT2D eigenvalue weighted by Gasteiger charge is 2.09. The van der Waals surface area contributed by atoms with Crippen molar-refractivity contribution in [3.05, 3.63) is 64.8 Å². The number of alkyl halides is 1. The predicted octanol–water partition coefficient (Wildman–Crippen LogP) is 5.73. The Balaban J connectivity index is 2.08. The molecule has 3 aromatic rings. The van der Waals surface area contributed by atoms with Crippen LogP contribution in [0, 0.1) is 6.92 Å². The van der Waals surface area contributed by atoms with Crippen LogP contribution in [0.15, 0.2) is 48.7 Å². The monoisotopic (exact) mass is 317 g/mol. The van der Waals surface area contributed by atoms with Crippen LogP contribution in [0.1, 0.15) is 11.1 Å². The number of aromatic nitrogens is 1. The lowest BCUT2D eigenvalue weighted by Gasteiger charge is -2.12. The van der Waals surface area contributed by atoms with Crippen molar-refractivity contribution in [2.75, 3.05) is 0 Å². The maximum atomic E-state index is 6.20. The fourth-order valence-corrected chi connectivity index (χ4v) is 2.53. The third kappa shape index (κ3) is 2.82. The highest BCUT2D eigenvalue weighted by molar-refractivity contribution is 6.35. The lowest BCUT2D eigenvalue weighted by molar-refractivity contribution is 0.483. The first kappa shape index (κ1) is 14.2. The van der Waals surface area contributed by atoms with Crippen LogP contribution in [0.5, 0.6) is 11.5 Å². The van der Waals surface area contributed by atoms with E-state index in [-0.39, 0.29) is 0 Å². The summed E-state index contributed by atoms with van der Waals surface area (Å²) in [7, 11) is 0. The first-order valence-corrected chi connectivity index (χ1v) is 7.47. The molecule has 0 unspecified atom stereocenters. The maximum absolute atomic E-state index is 6.20. The summed E-state index contributed by atoms with van der Waals surface area (Å²) < 4.78 is 6.04. The van der Waals surface area contributed by atoms with Gasteiger partial charge in [-0.1, -0.05) is 23.7 Å². The first-order chi connectivity index (χ1) is 10.2. The van der Waals surface area contributed by atoms with Gasteiger partial charge in [-0.2, -0.15) is 0 Å². The van der Waals surface area contributed by atoms with Crippen molar-refractivity contribution in [3.63, 3.8) is 0 Å². The Labute approximate surface area is 133 Å². The Bertz CT molecular complexity index is 802. The van der Waals surface area contributed by atoms with Gasteiger partial charge in [0, 0.05) is 17.5 Å². The minimum Gasteiger partial charge on any atom is -0.455 e. The molecule has 0 N–H and O–H groups in total. The molecule has 0 amide bonds. The molecule has 0 atom stereocenters. The van der Waals surface area contributed by atoms with Crippen molar-refractivity contribution in [2.45, 2.75) is 12.8 Å². The van der Waals surface area contributed by atoms with E-state index in [4.69, 9.17) is 27.9 Å². The Morgan fingerprint density at radius 3 is 2.76 bits per heavy atom. The van der Waals surface area contributed by atoms with Crippen LogP contribution in [-0.4, -0.2) is 4.98 Å². The molecule has 2 nitrogen and oxygen atoms in total. The second-order valence-corrected chi connectivity index (χ2v) is 5.46. The molecule has 0 aliphatic carbocycles. The smallest absolute Gasteiger partial charge is 0.153 e. The van der Waals surface area contributed by atoms with Crippen LogP contribution in [0.4, 0.5) is 0 Å². The first-order valence-electron chi connectivity index (χ1n) is 6.55. The van der Waals surface area contributed by atoms with E-state index in [9.17, 15) is 0 Å². The normalized spacial score (nSPS) is 10.8. The summed E-state index contributed by atoms with van der Waals surface area (Å²) in [6.45, 7) is 2.00. The summed E-state index contributed by atoms with van der Waals surface area (Å²) in [6, 6.07) is 13.4. The van der Waals surface area contributed by atoms with Crippen molar-refractivity contribution >= 4 is 34.1 Å². The lowest BCUT2D eigenvalue weighted by Crippen LogP contribution is -1.92. The van der Waals surface area contributed by atoms with Crippen LogP contribution in [0.2, 0.25) is 5.02 Å². The summed E-state index contributed by atoms with van der Waals surface area (Å²) in [5.41, 5.74) is 2.81. The molecule has 0 bridgehead atoms. The van der Waals surface area contributed by atoms with Gasteiger partial charge in [0.05, 0.1) is 5.02 Å². The zero-order chi connectivity index (χ0) is 14.8. The summed E-state index contributed by atoms with van der Waals surface area (Å²) >= 11 is 12.1. The van der Waals surface area contributed by atoms with Crippen LogP contribution in [0.25, 0.3) is 10.9 Å². The number of pyridine rings is 1. The van der Waals surface area contributed by atoms with E-state index in [1.54, 1.807) is 6.20 Å². The van der Waals surface area contributed by atoms with Crippen molar-refractivity contribution in [3.8, 4) is 11.5 Å². The van der Waals surface area contributed by atoms with Gasteiger partial charge in [-0.15, -0.1) is 11.6 Å². The number of fused-ring (bicyclic) bond motifs is 1. The Kier molecular flexibility index (Phi) is 4.00. The number of halogens is 2. The average molecular weight is 318 g/mol. The Morgan fingerprint density at radius 1 is 1.10 bits per heavy atom. The number of rotatable bonds is 3. The fraction of sp³-hybridized carbons (Fsp3) is 0.118. The Morgan fingerprint density at radius 2 is 1.95 bits per heavy atom. The third-order valence-electron chi connectivity index (χ3n) is 3.31. The molecule has 1 aromatic heterocycles. The van der Waals surface area contributed by atoms with E-state index in [0.717, 1.165) is 27.8 Å². The van der Waals surface area contributed by atoms with Gasteiger partial charge in [0.25, 0.3) is 0 Å². The highest BCUT2D eigenvalue weighted by atomic mass is 35.5. The van der Waals surface area contributed by atoms with E-state index in [0.29, 0.717) is 16.7 Å². The van der Waals surface area contributed by atoms with E-state index < -0.39 is 0 Å². The predicted molar refractivity (Wildman–Crippen MR) is 87.6 cm³/mol. The van der Waals surface area contributed by atoms with E-state index in [2.05, 4.69) is 4.98 Å². The molecule has 106 valence electrons. The summed E-state index contributed by atoms with van der Waals surface area (Å²) in [5.74, 6) is 1.92. The maximum Gasteiger partial charge on any atom is 0.153 e. The minimum absolute atomic E-state index is 0.455. The molecule has 2 aromatic carbocycles. The fourth-order valence-electron chi connectivity index (χ4n) is 2.15. The molecular formula is C17H13Cl2NO. The number of nitrogens with zero attached hydrogens (tertiary/aromatic N) is 1. The Hall–Kier alpha value is -1.77. The van der Waals surface area contributed by atoms with E-state index in [1.165, 1.54) is 0 Å². The van der Waals surface area contributed by atoms with Gasteiger partial charge in [0.2, 0.25) is 0 Å². The highest BCUT2D eigenvalue weighted by Crippen LogP contribution is 2.34. The summed E-state index contributed by atoms with van der Waals surface area (Å²) in [6.07, 6.45) is 1.73. The summed E-state index contributed by atoms with van der Waals surface area (Å²) in [5, 5.41) is 1.54. The van der Waals surface area contributed by atoms with Gasteiger partial charge in [-0.05, 0) is 48.4 Å². The number of ether oxygens (including phenoxy) is 1. The van der Waals surface area contributed by atoms with E-state index >= 15 is 0 Å². The lowest BCUT2D eigenvalue weighted by atomic mass is 10.1. The molecule has 0 radical (unpaired) electrons. The van der Waals surface area contributed by atoms with Gasteiger partial charge in [-0.3, -0.25) is 4.98 Å². The van der Waals surface area contributed by atoms with Gasteiger partial charge < -0.3 is 4.74 Å². The molecule has 4 heteroatoms. The molecule has 1 heterocycles. The average Bonchev–Trinajstić information content (AvgIpc) is 2.52. The van der Waals surface area contributed by atoms with Crippen molar-refractivity contribution in [1.29, 1.82) is 0 Å². The molecule has 3 rings (SSSR count). The standard InChI is InChI=1S/C17H13Cl2NO/c1-11-4-5-12(10-18)9-16(11)21-15-7-6-14(19)13-3-2-8-20-17(13)15/h2-9H,10H2,1H3. The SMILES string of the molecule is Cc1ccc(CCl)cc1Oc1ccc(Cl)c2cccnc12. The molecular weight excluding hydrogens is 305 g/mol. The zero-order valence-corrected chi connectivity index (χ0v) is 12.9. The van der Waals surface area contributed by atoms with Crippen LogP contribution in [-0.2, 0) is 5.88 Å². The number of hydrogen-bond donors (Lipinski definition) is 0. The van der Waals surface area contributed by atoms with Crippen molar-refractivity contribution in [2.24, 2.45) is 0 Å². The van der Waals surface area contributed by atoms with Gasteiger partial charge in [0.15, 0.2) is 5.75 Å². The van der Waals surface area contributed by atoms with Crippen LogP contribution >= 0.6 is 23.2 Å². The quantitative estimate of drug-likeness (QED) is 0.576. The zero-order valence-electron chi connectivity index (χ0n) is 11.4. The van der Waals surface area contributed by atoms with Crippen molar-refractivity contribution < 1.29 is 4.74 Å². The van der Waals surface area contributed by atoms with Crippen LogP contribution in [0.3, 0.4) is 0 Å². The molecule has 0 aliphatic heterocycles. The second-order valence-electron chi connectivity index (χ2n) is 4.78. The van der Waals surface area contributed by atoms with Crippen molar-refractivity contribution in [1.82, 2.24) is 4.98 Å². The second kappa shape index (κ2) is 5.92. The summed E-state index contributed by atoms with van der Waals surface area (Å²) in [4.78, 5) is 4.37. The number of benzene rings is 2. The number of aryl methyl sites for hydroxylation is 1. The van der Waals surface area contributed by atoms with Gasteiger partial charge in [-0.25, -0.2) is 0 Å². The molecule has 0 spiro atoms. The van der Waals surface area contributed by atoms with E-state index in [1.807, 2.05) is 49.4 Å². The van der Waals surface area contributed by atoms with Crippen LogP contribution < -0.4 is 4.74 Å². The molecule has 0 fully saturated rings. The largest absolute Gasteiger partial charge is 0.455 e. The van der Waals surface area contributed by atoms with Gasteiger partial charge in [0.1, 0.15) is 11.3 Å². The third-order valence-corrected chi connectivity index (χ3v) is 3.94. The van der Waals surface area contributed by atoms with Gasteiger partial charge >= 0.3 is 0 Å². The molecule has 0 saturated carbocycles. The molecule has 21 heavy (non-hydrogen) atoms.